The Bertz CT molecular complexity index is 386. The number of aromatic nitrogens is 3. The molecule has 0 amide bonds. The van der Waals surface area contributed by atoms with Crippen molar-refractivity contribution in [3.05, 3.63) is 29.7 Å². The molecule has 0 saturated carbocycles. The van der Waals surface area contributed by atoms with Gasteiger partial charge in [0.15, 0.2) is 5.65 Å². The van der Waals surface area contributed by atoms with Gasteiger partial charge in [0.25, 0.3) is 0 Å². The van der Waals surface area contributed by atoms with Crippen LogP contribution in [0, 0.1) is 13.8 Å². The Kier molecular flexibility index (Phi) is 1.50. The summed E-state index contributed by atoms with van der Waals surface area (Å²) in [7, 11) is 0. The number of rotatable bonds is 0. The van der Waals surface area contributed by atoms with Gasteiger partial charge in [-0.2, -0.15) is 0 Å². The Morgan fingerprint density at radius 1 is 1.00 bits per heavy atom. The molecule has 0 aromatic carbocycles. The van der Waals surface area contributed by atoms with Crippen molar-refractivity contribution < 1.29 is 0 Å². The van der Waals surface area contributed by atoms with E-state index in [2.05, 4.69) is 15.0 Å². The van der Waals surface area contributed by atoms with Crippen LogP contribution in [-0.4, -0.2) is 15.0 Å². The monoisotopic (exact) mass is 159 g/mol. The maximum Gasteiger partial charge on any atom is 0.178 e. The van der Waals surface area contributed by atoms with E-state index in [0.29, 0.717) is 0 Å². The average Bonchev–Trinajstić information content (AvgIpc) is 2.03. The van der Waals surface area contributed by atoms with Gasteiger partial charge in [0.05, 0.1) is 5.69 Å². The lowest BCUT2D eigenvalue weighted by molar-refractivity contribution is 1.12. The first-order chi connectivity index (χ1) is 5.75. The van der Waals surface area contributed by atoms with Gasteiger partial charge in [-0.05, 0) is 26.0 Å². The molecule has 0 aliphatic carbocycles. The van der Waals surface area contributed by atoms with Crippen molar-refractivity contribution in [2.75, 3.05) is 0 Å². The van der Waals surface area contributed by atoms with Crippen LogP contribution in [-0.2, 0) is 0 Å². The molecule has 2 aromatic heterocycles. The molecule has 0 aliphatic heterocycles. The lowest BCUT2D eigenvalue weighted by Crippen LogP contribution is -1.91. The summed E-state index contributed by atoms with van der Waals surface area (Å²) in [6.45, 7) is 3.86. The lowest BCUT2D eigenvalue weighted by Gasteiger charge is -1.97. The van der Waals surface area contributed by atoms with Gasteiger partial charge in [-0.1, -0.05) is 0 Å². The van der Waals surface area contributed by atoms with Gasteiger partial charge in [0.1, 0.15) is 5.52 Å². The Balaban J connectivity index is 2.80. The highest BCUT2D eigenvalue weighted by Gasteiger charge is 1.97. The van der Waals surface area contributed by atoms with E-state index >= 15 is 0 Å². The van der Waals surface area contributed by atoms with E-state index in [9.17, 15) is 0 Å². The molecule has 0 atom stereocenters. The predicted molar refractivity (Wildman–Crippen MR) is 46.8 cm³/mol. The van der Waals surface area contributed by atoms with Crippen molar-refractivity contribution >= 4 is 11.2 Å². The van der Waals surface area contributed by atoms with Crippen LogP contribution in [0.3, 0.4) is 0 Å². The summed E-state index contributed by atoms with van der Waals surface area (Å²) >= 11 is 0. The minimum Gasteiger partial charge on any atom is -0.251 e. The van der Waals surface area contributed by atoms with Gasteiger partial charge < -0.3 is 0 Å². The third-order valence-electron chi connectivity index (χ3n) is 1.67. The van der Waals surface area contributed by atoms with E-state index in [0.717, 1.165) is 22.6 Å². The third-order valence-corrected chi connectivity index (χ3v) is 1.67. The second kappa shape index (κ2) is 2.52. The first kappa shape index (κ1) is 7.16. The van der Waals surface area contributed by atoms with Crippen LogP contribution >= 0.6 is 0 Å². The zero-order chi connectivity index (χ0) is 8.55. The Hall–Kier alpha value is -1.51. The molecule has 2 rings (SSSR count). The number of pyridine rings is 1. The van der Waals surface area contributed by atoms with Crippen molar-refractivity contribution in [3.63, 3.8) is 0 Å². The highest BCUT2D eigenvalue weighted by Crippen LogP contribution is 2.06. The molecule has 60 valence electrons. The van der Waals surface area contributed by atoms with Gasteiger partial charge in [0.2, 0.25) is 0 Å². The summed E-state index contributed by atoms with van der Waals surface area (Å²) in [5.41, 5.74) is 3.46. The highest BCUT2D eigenvalue weighted by molar-refractivity contribution is 5.69. The molecular formula is C9H9N3. The summed E-state index contributed by atoms with van der Waals surface area (Å²) in [5.74, 6) is 0. The van der Waals surface area contributed by atoms with Crippen molar-refractivity contribution in [3.8, 4) is 0 Å². The van der Waals surface area contributed by atoms with Crippen LogP contribution in [0.5, 0.6) is 0 Å². The summed E-state index contributed by atoms with van der Waals surface area (Å²) in [6.07, 6.45) is 1.75. The fourth-order valence-electron chi connectivity index (χ4n) is 1.08. The van der Waals surface area contributed by atoms with Crippen LogP contribution in [0.1, 0.15) is 11.4 Å². The molecule has 0 radical (unpaired) electrons. The number of hydrogen-bond donors (Lipinski definition) is 0. The second-order valence-electron chi connectivity index (χ2n) is 2.81. The van der Waals surface area contributed by atoms with Crippen molar-refractivity contribution in [2.45, 2.75) is 13.8 Å². The van der Waals surface area contributed by atoms with Gasteiger partial charge >= 0.3 is 0 Å². The number of hydrogen-bond acceptors (Lipinski definition) is 3. The normalized spacial score (nSPS) is 10.5. The van der Waals surface area contributed by atoms with Crippen LogP contribution < -0.4 is 0 Å². The van der Waals surface area contributed by atoms with E-state index in [4.69, 9.17) is 0 Å². The van der Waals surface area contributed by atoms with Gasteiger partial charge in [-0.25, -0.2) is 9.97 Å². The van der Waals surface area contributed by atoms with E-state index in [1.807, 2.05) is 26.0 Å². The molecule has 3 nitrogen and oxygen atoms in total. The Morgan fingerprint density at radius 3 is 2.58 bits per heavy atom. The predicted octanol–water partition coefficient (Wildman–Crippen LogP) is 1.64. The van der Waals surface area contributed by atoms with E-state index < -0.39 is 0 Å². The molecular weight excluding hydrogens is 150 g/mol. The van der Waals surface area contributed by atoms with Crippen LogP contribution in [0.4, 0.5) is 0 Å². The first-order valence-corrected chi connectivity index (χ1v) is 3.83. The second-order valence-corrected chi connectivity index (χ2v) is 2.81. The molecule has 0 fully saturated rings. The molecule has 0 N–H and O–H groups in total. The number of aryl methyl sites for hydroxylation is 2. The molecule has 12 heavy (non-hydrogen) atoms. The van der Waals surface area contributed by atoms with Crippen molar-refractivity contribution in [2.24, 2.45) is 0 Å². The van der Waals surface area contributed by atoms with Gasteiger partial charge in [-0.15, -0.1) is 0 Å². The fraction of sp³-hybridized carbons (Fsp3) is 0.222. The molecule has 3 heteroatoms. The van der Waals surface area contributed by atoms with Crippen LogP contribution in [0.15, 0.2) is 18.3 Å². The zero-order valence-corrected chi connectivity index (χ0v) is 7.07. The summed E-state index contributed by atoms with van der Waals surface area (Å²) in [4.78, 5) is 12.7. The Morgan fingerprint density at radius 2 is 1.75 bits per heavy atom. The topological polar surface area (TPSA) is 38.7 Å². The maximum absolute atomic E-state index is 4.26. The molecule has 0 spiro atoms. The molecule has 2 heterocycles. The van der Waals surface area contributed by atoms with E-state index in [1.54, 1.807) is 6.20 Å². The molecule has 0 aliphatic rings. The van der Waals surface area contributed by atoms with Gasteiger partial charge in [0, 0.05) is 11.9 Å². The van der Waals surface area contributed by atoms with E-state index in [-0.39, 0.29) is 0 Å². The van der Waals surface area contributed by atoms with Crippen LogP contribution in [0.25, 0.3) is 11.2 Å². The molecule has 0 bridgehead atoms. The maximum atomic E-state index is 4.26. The highest BCUT2D eigenvalue weighted by atomic mass is 14.9. The van der Waals surface area contributed by atoms with Crippen LogP contribution in [0.2, 0.25) is 0 Å². The smallest absolute Gasteiger partial charge is 0.178 e. The quantitative estimate of drug-likeness (QED) is 0.586. The summed E-state index contributed by atoms with van der Waals surface area (Å²) in [5, 5.41) is 0. The standard InChI is InChI=1S/C9H9N3/c1-6-3-4-8-9(11-6)12-7(2)5-10-8/h3-5H,1-2H3. The minimum absolute atomic E-state index is 0.731. The third kappa shape index (κ3) is 1.13. The first-order valence-electron chi connectivity index (χ1n) is 3.83. The SMILES string of the molecule is Cc1ccc2ncc(C)nc2n1. The van der Waals surface area contributed by atoms with E-state index in [1.165, 1.54) is 0 Å². The average molecular weight is 159 g/mol. The summed E-state index contributed by atoms with van der Waals surface area (Å²) < 4.78 is 0. The largest absolute Gasteiger partial charge is 0.251 e. The zero-order valence-electron chi connectivity index (χ0n) is 7.07. The minimum atomic E-state index is 0.731. The number of fused-ring (bicyclic) bond motifs is 1. The number of nitrogens with zero attached hydrogens (tertiary/aromatic N) is 3. The molecule has 0 unspecified atom stereocenters. The Labute approximate surface area is 70.5 Å². The van der Waals surface area contributed by atoms with Crippen molar-refractivity contribution in [1.82, 2.24) is 15.0 Å². The van der Waals surface area contributed by atoms with Gasteiger partial charge in [-0.3, -0.25) is 4.98 Å². The molecule has 0 saturated heterocycles. The fourth-order valence-corrected chi connectivity index (χ4v) is 1.08. The van der Waals surface area contributed by atoms with Crippen molar-refractivity contribution in [1.29, 1.82) is 0 Å². The lowest BCUT2D eigenvalue weighted by atomic mass is 10.3. The summed E-state index contributed by atoms with van der Waals surface area (Å²) in [6, 6.07) is 3.87. The molecule has 2 aromatic rings.